The number of rotatable bonds is 19. The van der Waals surface area contributed by atoms with Gasteiger partial charge in [0.2, 0.25) is 5.91 Å². The molecule has 2 N–H and O–H groups in total. The summed E-state index contributed by atoms with van der Waals surface area (Å²) in [7, 11) is -4.51. The molecule has 0 heterocycles. The lowest BCUT2D eigenvalue weighted by Crippen LogP contribution is -2.34. The van der Waals surface area contributed by atoms with Gasteiger partial charge >= 0.3 is 7.82 Å². The van der Waals surface area contributed by atoms with Crippen molar-refractivity contribution in [3.8, 4) is 5.75 Å². The highest BCUT2D eigenvalue weighted by molar-refractivity contribution is 7.46. The van der Waals surface area contributed by atoms with E-state index in [1.807, 2.05) is 31.2 Å². The topological polar surface area (TPSA) is 96.3 Å². The number of carbonyl (C=O) groups is 1. The quantitative estimate of drug-likeness (QED) is 0.205. The zero-order chi connectivity index (χ0) is 23.7. The Balaban J connectivity index is 2.33. The monoisotopic (exact) mass is 471 g/mol. The van der Waals surface area contributed by atoms with Gasteiger partial charge in [-0.2, -0.15) is 0 Å². The van der Waals surface area contributed by atoms with Crippen LogP contribution in [0.1, 0.15) is 83.6 Å². The van der Waals surface area contributed by atoms with Crippen LogP contribution >= 0.6 is 7.82 Å². The second-order valence-corrected chi connectivity index (χ2v) is 9.41. The van der Waals surface area contributed by atoms with Gasteiger partial charge in [-0.15, -0.1) is 0 Å². The highest BCUT2D eigenvalue weighted by Crippen LogP contribution is 2.35. The first-order chi connectivity index (χ1) is 15.4. The Hall–Kier alpha value is -1.40. The van der Waals surface area contributed by atoms with Crippen LogP contribution in [0.25, 0.3) is 0 Å². The summed E-state index contributed by atoms with van der Waals surface area (Å²) in [5.74, 6) is 0.782. The van der Waals surface area contributed by atoms with Crippen LogP contribution < -0.4 is 4.74 Å². The maximum absolute atomic E-state index is 12.5. The van der Waals surface area contributed by atoms with Gasteiger partial charge in [-0.05, 0) is 37.0 Å². The van der Waals surface area contributed by atoms with E-state index in [9.17, 15) is 9.36 Å². The molecule has 1 aromatic carbocycles. The Labute approximate surface area is 193 Å². The van der Waals surface area contributed by atoms with Crippen LogP contribution in [0.2, 0.25) is 0 Å². The zero-order valence-corrected chi connectivity index (χ0v) is 20.7. The summed E-state index contributed by atoms with van der Waals surface area (Å²) in [5.41, 5.74) is 1.04. The fourth-order valence-corrected chi connectivity index (χ4v) is 3.85. The van der Waals surface area contributed by atoms with E-state index in [0.29, 0.717) is 26.0 Å². The summed E-state index contributed by atoms with van der Waals surface area (Å²) in [6.07, 6.45) is 11.8. The van der Waals surface area contributed by atoms with Crippen LogP contribution in [0.4, 0.5) is 0 Å². The zero-order valence-electron chi connectivity index (χ0n) is 19.8. The molecule has 1 rings (SSSR count). The molecular formula is C24H42NO6P. The lowest BCUT2D eigenvalue weighted by atomic mass is 10.1. The molecule has 0 aliphatic rings. The van der Waals surface area contributed by atoms with Gasteiger partial charge in [-0.25, -0.2) is 4.57 Å². The molecule has 0 saturated carbocycles. The summed E-state index contributed by atoms with van der Waals surface area (Å²) < 4.78 is 21.2. The third-order valence-electron chi connectivity index (χ3n) is 5.26. The fourth-order valence-electron chi connectivity index (χ4n) is 3.53. The Morgan fingerprint density at radius 1 is 0.938 bits per heavy atom. The molecule has 32 heavy (non-hydrogen) atoms. The first-order valence-corrected chi connectivity index (χ1v) is 13.6. The molecule has 0 aliphatic carbocycles. The molecule has 0 atom stereocenters. The smallest absolute Gasteiger partial charge is 0.469 e. The van der Waals surface area contributed by atoms with E-state index < -0.39 is 7.82 Å². The van der Waals surface area contributed by atoms with Crippen molar-refractivity contribution in [2.75, 3.05) is 26.3 Å². The van der Waals surface area contributed by atoms with Gasteiger partial charge in [0.25, 0.3) is 0 Å². The third kappa shape index (κ3) is 14.6. The largest absolute Gasteiger partial charge is 0.494 e. The maximum atomic E-state index is 12.5. The van der Waals surface area contributed by atoms with Crippen molar-refractivity contribution < 1.29 is 28.4 Å². The second kappa shape index (κ2) is 17.1. The first-order valence-electron chi connectivity index (χ1n) is 12.0. The Kier molecular flexibility index (Phi) is 15.3. The third-order valence-corrected chi connectivity index (χ3v) is 5.78. The molecule has 0 bridgehead atoms. The van der Waals surface area contributed by atoms with E-state index in [1.165, 1.54) is 44.9 Å². The van der Waals surface area contributed by atoms with Crippen molar-refractivity contribution in [3.05, 3.63) is 29.8 Å². The number of phosphoric ester groups is 1. The van der Waals surface area contributed by atoms with E-state index in [-0.39, 0.29) is 19.1 Å². The summed E-state index contributed by atoms with van der Waals surface area (Å²) in [6.45, 7) is 5.42. The molecule has 0 fully saturated rings. The number of ether oxygens (including phenoxy) is 1. The molecule has 0 spiro atoms. The average molecular weight is 472 g/mol. The molecular weight excluding hydrogens is 429 g/mol. The Bertz CT molecular complexity index is 678. The van der Waals surface area contributed by atoms with Crippen LogP contribution in [0.15, 0.2) is 24.3 Å². The van der Waals surface area contributed by atoms with Gasteiger partial charge in [0, 0.05) is 19.5 Å². The molecule has 0 saturated heterocycles. The lowest BCUT2D eigenvalue weighted by molar-refractivity contribution is -0.131. The van der Waals surface area contributed by atoms with Gasteiger partial charge < -0.3 is 19.4 Å². The summed E-state index contributed by atoms with van der Waals surface area (Å²) in [5, 5.41) is 0. The molecule has 1 amide bonds. The number of aryl methyl sites for hydroxylation is 1. The van der Waals surface area contributed by atoms with E-state index in [0.717, 1.165) is 24.2 Å². The van der Waals surface area contributed by atoms with E-state index in [4.69, 9.17) is 14.5 Å². The number of unbranched alkanes of at least 4 members (excludes halogenated alkanes) is 7. The van der Waals surface area contributed by atoms with E-state index in [1.54, 1.807) is 4.90 Å². The number of nitrogens with zero attached hydrogens (tertiary/aromatic N) is 1. The minimum Gasteiger partial charge on any atom is -0.494 e. The van der Waals surface area contributed by atoms with Crippen LogP contribution in [0.5, 0.6) is 5.75 Å². The summed E-state index contributed by atoms with van der Waals surface area (Å²) in [4.78, 5) is 31.7. The van der Waals surface area contributed by atoms with Gasteiger partial charge in [-0.3, -0.25) is 9.32 Å². The predicted octanol–water partition coefficient (Wildman–Crippen LogP) is 5.49. The molecule has 7 nitrogen and oxygen atoms in total. The second-order valence-electron chi connectivity index (χ2n) is 8.18. The minimum atomic E-state index is -4.51. The van der Waals surface area contributed by atoms with Crippen molar-refractivity contribution in [1.82, 2.24) is 4.90 Å². The van der Waals surface area contributed by atoms with E-state index in [2.05, 4.69) is 11.4 Å². The van der Waals surface area contributed by atoms with Gasteiger partial charge in [0.1, 0.15) is 5.75 Å². The molecule has 1 aromatic rings. The molecule has 0 radical (unpaired) electrons. The number of amides is 1. The number of phosphoric acid groups is 1. The highest BCUT2D eigenvalue weighted by Gasteiger charge is 2.17. The number of hydrogen-bond donors (Lipinski definition) is 2. The van der Waals surface area contributed by atoms with Crippen molar-refractivity contribution in [1.29, 1.82) is 0 Å². The van der Waals surface area contributed by atoms with Crippen LogP contribution in [0, 0.1) is 0 Å². The van der Waals surface area contributed by atoms with Crippen molar-refractivity contribution in [2.45, 2.75) is 84.5 Å². The van der Waals surface area contributed by atoms with Crippen LogP contribution in [0.3, 0.4) is 0 Å². The van der Waals surface area contributed by atoms with Crippen molar-refractivity contribution >= 4 is 13.7 Å². The van der Waals surface area contributed by atoms with Crippen molar-refractivity contribution in [2.24, 2.45) is 0 Å². The predicted molar refractivity (Wildman–Crippen MR) is 128 cm³/mol. The number of carbonyl (C=O) groups excluding carboxylic acids is 1. The average Bonchev–Trinajstić information content (AvgIpc) is 2.75. The Morgan fingerprint density at radius 2 is 1.62 bits per heavy atom. The molecule has 0 aromatic heterocycles. The maximum Gasteiger partial charge on any atom is 0.469 e. The molecule has 0 aliphatic heterocycles. The molecule has 184 valence electrons. The van der Waals surface area contributed by atoms with Crippen molar-refractivity contribution in [3.63, 3.8) is 0 Å². The fraction of sp³-hybridized carbons (Fsp3) is 0.708. The Morgan fingerprint density at radius 3 is 2.28 bits per heavy atom. The minimum absolute atomic E-state index is 0.0496. The molecule has 8 heteroatoms. The molecule has 0 unspecified atom stereocenters. The van der Waals surface area contributed by atoms with Gasteiger partial charge in [0.05, 0.1) is 13.2 Å². The number of benzene rings is 1. The standard InChI is InChI=1S/C24H42NO6P/c1-3-5-6-7-8-9-10-11-19-30-23-14-12-13-22(21-23)15-16-24(26)25(17-4-2)18-20-31-32(27,28)29/h12-14,21H,3-11,15-20H2,1-2H3,(H2,27,28,29). The summed E-state index contributed by atoms with van der Waals surface area (Å²) in [6, 6.07) is 7.86. The normalized spacial score (nSPS) is 11.5. The summed E-state index contributed by atoms with van der Waals surface area (Å²) >= 11 is 0. The van der Waals surface area contributed by atoms with Crippen LogP contribution in [-0.4, -0.2) is 46.9 Å². The SMILES string of the molecule is CCCCCCCCCCOc1cccc(CCC(=O)N(CCC)CCOP(=O)(O)O)c1. The van der Waals surface area contributed by atoms with Crippen LogP contribution in [-0.2, 0) is 20.3 Å². The first kappa shape index (κ1) is 28.6. The van der Waals surface area contributed by atoms with Gasteiger partial charge in [0.15, 0.2) is 0 Å². The number of hydrogen-bond acceptors (Lipinski definition) is 4. The van der Waals surface area contributed by atoms with Gasteiger partial charge in [-0.1, -0.05) is 70.9 Å². The van der Waals surface area contributed by atoms with E-state index >= 15 is 0 Å². The lowest BCUT2D eigenvalue weighted by Gasteiger charge is -2.22. The highest BCUT2D eigenvalue weighted by atomic mass is 31.2.